The van der Waals surface area contributed by atoms with Crippen LogP contribution in [0.25, 0.3) is 11.1 Å². The average molecular weight is 345 g/mol. The van der Waals surface area contributed by atoms with Crippen molar-refractivity contribution < 1.29 is 0 Å². The first-order valence-corrected chi connectivity index (χ1v) is 9.51. The summed E-state index contributed by atoms with van der Waals surface area (Å²) in [7, 11) is 0. The molecule has 2 aromatic heterocycles. The molecule has 0 aromatic carbocycles. The van der Waals surface area contributed by atoms with Crippen LogP contribution in [0.2, 0.25) is 0 Å². The highest BCUT2D eigenvalue weighted by Crippen LogP contribution is 2.10. The van der Waals surface area contributed by atoms with E-state index >= 15 is 0 Å². The maximum atomic E-state index is 2.23. The molecule has 0 fully saturated rings. The molecule has 0 N–H and O–H groups in total. The van der Waals surface area contributed by atoms with E-state index in [1.807, 2.05) is 22.7 Å². The van der Waals surface area contributed by atoms with E-state index in [1.165, 1.54) is 29.3 Å². The summed E-state index contributed by atoms with van der Waals surface area (Å²) < 4.78 is 5.27. The lowest BCUT2D eigenvalue weighted by atomic mass is 10.2. The van der Waals surface area contributed by atoms with E-state index < -0.39 is 0 Å². The van der Waals surface area contributed by atoms with Gasteiger partial charge in [-0.15, -0.1) is 22.7 Å². The Bertz CT molecular complexity index is 1010. The van der Waals surface area contributed by atoms with E-state index in [4.69, 9.17) is 0 Å². The van der Waals surface area contributed by atoms with Crippen LogP contribution < -0.4 is 9.06 Å². The fourth-order valence-corrected chi connectivity index (χ4v) is 4.70. The van der Waals surface area contributed by atoms with Crippen molar-refractivity contribution in [2.45, 2.75) is 0 Å². The molecule has 0 atom stereocenters. The highest BCUT2D eigenvalue weighted by molar-refractivity contribution is 7.11. The molecule has 2 aliphatic rings. The minimum atomic E-state index is 1.27. The molecule has 2 aliphatic carbocycles. The molecule has 0 unspecified atom stereocenters. The third kappa shape index (κ3) is 3.25. The second-order valence-corrected chi connectivity index (χ2v) is 7.61. The van der Waals surface area contributed by atoms with E-state index in [1.54, 1.807) is 0 Å². The Morgan fingerprint density at radius 1 is 0.375 bits per heavy atom. The number of rotatable bonds is 0. The Balaban J connectivity index is 1.88. The number of allylic oxidation sites excluding steroid dienone is 12. The van der Waals surface area contributed by atoms with E-state index in [2.05, 4.69) is 97.2 Å². The van der Waals surface area contributed by atoms with Gasteiger partial charge in [-0.3, -0.25) is 0 Å². The van der Waals surface area contributed by atoms with Gasteiger partial charge in [-0.05, 0) is 35.4 Å². The summed E-state index contributed by atoms with van der Waals surface area (Å²) in [6.07, 6.45) is 25.3. The zero-order valence-corrected chi connectivity index (χ0v) is 14.7. The molecule has 24 heavy (non-hydrogen) atoms. The Morgan fingerprint density at radius 3 is 1.08 bits per heavy atom. The van der Waals surface area contributed by atoms with Gasteiger partial charge in [0.1, 0.15) is 0 Å². The first kappa shape index (κ1) is 15.1. The summed E-state index contributed by atoms with van der Waals surface area (Å²) in [4.78, 5) is 0. The lowest BCUT2D eigenvalue weighted by Crippen LogP contribution is -1.93. The van der Waals surface area contributed by atoms with Crippen molar-refractivity contribution in [2.24, 2.45) is 0 Å². The molecule has 0 bridgehead atoms. The van der Waals surface area contributed by atoms with Crippen LogP contribution in [0.4, 0.5) is 0 Å². The molecule has 0 amide bonds. The summed E-state index contributed by atoms with van der Waals surface area (Å²) in [5, 5.41) is 0. The molecule has 0 radical (unpaired) electrons. The lowest BCUT2D eigenvalue weighted by Gasteiger charge is -1.87. The minimum Gasteiger partial charge on any atom is -0.134 e. The second kappa shape index (κ2) is 7.00. The van der Waals surface area contributed by atoms with Crippen LogP contribution in [0, 0.1) is 9.06 Å². The van der Waals surface area contributed by atoms with Crippen molar-refractivity contribution in [3.8, 4) is 0 Å². The van der Waals surface area contributed by atoms with E-state index in [0.717, 1.165) is 0 Å². The quantitative estimate of drug-likeness (QED) is 0.646. The Labute approximate surface area is 149 Å². The Hall–Kier alpha value is -2.42. The van der Waals surface area contributed by atoms with Crippen LogP contribution in [0.15, 0.2) is 97.2 Å². The maximum absolute atomic E-state index is 2.23. The first-order valence-electron chi connectivity index (χ1n) is 7.88. The molecular formula is C22H16S2. The van der Waals surface area contributed by atoms with Crippen LogP contribution in [0.3, 0.4) is 0 Å². The summed E-state index contributed by atoms with van der Waals surface area (Å²) in [5.74, 6) is 0. The SMILES string of the molecule is C1=CC=CC(=c2cc/c(=c3/ccc(=C4C=CC=CC=C4)s3)s2)C=C1. The van der Waals surface area contributed by atoms with Gasteiger partial charge < -0.3 is 0 Å². The standard InChI is InChI=1S/C22H16S2/c1-2-6-10-17(9-5-1)19-13-15-21(23-19)22-16-14-20(24-22)18-11-7-3-4-8-12-18/h1-16H/b22-21+. The molecule has 2 aromatic rings. The topological polar surface area (TPSA) is 0 Å². The van der Waals surface area contributed by atoms with Crippen molar-refractivity contribution >= 4 is 33.8 Å². The van der Waals surface area contributed by atoms with Crippen LogP contribution in [0.5, 0.6) is 0 Å². The number of thiophene rings is 2. The van der Waals surface area contributed by atoms with Crippen LogP contribution in [0.1, 0.15) is 0 Å². The number of hydrogen-bond acceptors (Lipinski definition) is 2. The molecule has 0 nitrogen and oxygen atoms in total. The van der Waals surface area contributed by atoms with Gasteiger partial charge in [-0.1, -0.05) is 72.9 Å². The average Bonchev–Trinajstić information content (AvgIpc) is 3.09. The van der Waals surface area contributed by atoms with Crippen molar-refractivity contribution in [3.05, 3.63) is 115 Å². The van der Waals surface area contributed by atoms with Gasteiger partial charge in [-0.2, -0.15) is 0 Å². The molecule has 0 spiro atoms. The van der Waals surface area contributed by atoms with Gasteiger partial charge in [-0.25, -0.2) is 0 Å². The fourth-order valence-electron chi connectivity index (χ4n) is 2.58. The van der Waals surface area contributed by atoms with Gasteiger partial charge in [0, 0.05) is 18.1 Å². The normalized spacial score (nSPS) is 17.5. The van der Waals surface area contributed by atoms with Crippen molar-refractivity contribution in [2.75, 3.05) is 0 Å². The van der Waals surface area contributed by atoms with Gasteiger partial charge in [0.2, 0.25) is 0 Å². The lowest BCUT2D eigenvalue weighted by molar-refractivity contribution is 1.75. The smallest absolute Gasteiger partial charge is 0.0449 e. The van der Waals surface area contributed by atoms with Crippen LogP contribution >= 0.6 is 22.7 Å². The summed E-state index contributed by atoms with van der Waals surface area (Å²) in [5.41, 5.74) is 2.53. The zero-order chi connectivity index (χ0) is 16.2. The van der Waals surface area contributed by atoms with Gasteiger partial charge >= 0.3 is 0 Å². The maximum Gasteiger partial charge on any atom is 0.0449 e. The monoisotopic (exact) mass is 344 g/mol. The minimum absolute atomic E-state index is 1.27. The second-order valence-electron chi connectivity index (χ2n) is 5.44. The fraction of sp³-hybridized carbons (Fsp3) is 0. The van der Waals surface area contributed by atoms with Gasteiger partial charge in [0.05, 0.1) is 0 Å². The molecule has 116 valence electrons. The predicted octanol–water partition coefficient (Wildman–Crippen LogP) is 4.76. The Kier molecular flexibility index (Phi) is 4.41. The van der Waals surface area contributed by atoms with Crippen molar-refractivity contribution in [3.63, 3.8) is 0 Å². The highest BCUT2D eigenvalue weighted by Gasteiger charge is 1.97. The molecular weight excluding hydrogens is 328 g/mol. The molecule has 0 aliphatic heterocycles. The molecule has 2 heteroatoms. The summed E-state index contributed by atoms with van der Waals surface area (Å²) in [6.45, 7) is 0. The molecule has 0 saturated carbocycles. The molecule has 2 heterocycles. The summed E-state index contributed by atoms with van der Waals surface area (Å²) in [6, 6.07) is 8.90. The molecule has 4 rings (SSSR count). The third-order valence-corrected chi connectivity index (χ3v) is 6.26. The highest BCUT2D eigenvalue weighted by atomic mass is 32.1. The number of hydrogen-bond donors (Lipinski definition) is 0. The van der Waals surface area contributed by atoms with Crippen LogP contribution in [-0.4, -0.2) is 0 Å². The van der Waals surface area contributed by atoms with E-state index in [9.17, 15) is 0 Å². The predicted molar refractivity (Wildman–Crippen MR) is 107 cm³/mol. The van der Waals surface area contributed by atoms with Crippen LogP contribution in [-0.2, 0) is 0 Å². The summed E-state index contributed by atoms with van der Waals surface area (Å²) >= 11 is 3.70. The van der Waals surface area contributed by atoms with Gasteiger partial charge in [0.25, 0.3) is 0 Å². The third-order valence-electron chi connectivity index (χ3n) is 3.79. The first-order chi connectivity index (χ1) is 11.9. The van der Waals surface area contributed by atoms with Gasteiger partial charge in [0.15, 0.2) is 0 Å². The largest absolute Gasteiger partial charge is 0.134 e. The molecule has 0 saturated heterocycles. The van der Waals surface area contributed by atoms with E-state index in [-0.39, 0.29) is 0 Å². The zero-order valence-electron chi connectivity index (χ0n) is 13.1. The van der Waals surface area contributed by atoms with Crippen molar-refractivity contribution in [1.29, 1.82) is 0 Å². The van der Waals surface area contributed by atoms with E-state index in [0.29, 0.717) is 0 Å². The Morgan fingerprint density at radius 2 is 0.708 bits per heavy atom. The van der Waals surface area contributed by atoms with Crippen molar-refractivity contribution in [1.82, 2.24) is 0 Å².